The number of piperazine rings is 1. The highest BCUT2D eigenvalue weighted by molar-refractivity contribution is 5.77. The lowest BCUT2D eigenvalue weighted by atomic mass is 10.3. The lowest BCUT2D eigenvalue weighted by Gasteiger charge is -2.34. The number of nitrogens with one attached hydrogen (secondary N) is 1. The van der Waals surface area contributed by atoms with Gasteiger partial charge in [0, 0.05) is 33.2 Å². The van der Waals surface area contributed by atoms with Crippen molar-refractivity contribution >= 4 is 11.7 Å². The summed E-state index contributed by atoms with van der Waals surface area (Å²) in [6.45, 7) is 3.04. The Bertz CT molecular complexity index is 499. The van der Waals surface area contributed by atoms with Crippen molar-refractivity contribution in [2.45, 2.75) is 6.36 Å². The summed E-state index contributed by atoms with van der Waals surface area (Å²) in [6, 6.07) is 2.74. The second kappa shape index (κ2) is 6.82. The maximum atomic E-state index is 12.1. The van der Waals surface area contributed by atoms with Crippen LogP contribution < -0.4 is 15.0 Å². The predicted octanol–water partition coefficient (Wildman–Crippen LogP) is 0.848. The quantitative estimate of drug-likeness (QED) is 0.892. The van der Waals surface area contributed by atoms with Crippen LogP contribution in [0.25, 0.3) is 0 Å². The van der Waals surface area contributed by atoms with E-state index in [0.717, 1.165) is 6.20 Å². The minimum atomic E-state index is -4.71. The molecule has 1 fully saturated rings. The Hall–Kier alpha value is -2.03. The Balaban J connectivity index is 1.87. The normalized spacial score (nSPS) is 16.5. The number of rotatable bonds is 4. The van der Waals surface area contributed by atoms with E-state index in [4.69, 9.17) is 0 Å². The number of ether oxygens (including phenoxy) is 1. The van der Waals surface area contributed by atoms with Gasteiger partial charge in [0.05, 0.1) is 12.7 Å². The number of hydrogen-bond donors (Lipinski definition) is 1. The second-order valence-corrected chi connectivity index (χ2v) is 4.84. The first-order valence-electron chi connectivity index (χ1n) is 6.77. The molecule has 1 aromatic heterocycles. The van der Waals surface area contributed by atoms with Crippen LogP contribution in [0, 0.1) is 0 Å². The number of carbonyl (C=O) groups is 1. The van der Waals surface area contributed by atoms with Crippen LogP contribution in [0.3, 0.4) is 0 Å². The van der Waals surface area contributed by atoms with Crippen LogP contribution in [0.5, 0.6) is 5.75 Å². The van der Waals surface area contributed by atoms with Crippen LogP contribution >= 0.6 is 0 Å². The minimum Gasteiger partial charge on any atom is -0.404 e. The van der Waals surface area contributed by atoms with E-state index in [1.807, 2.05) is 9.80 Å². The maximum absolute atomic E-state index is 12.1. The molecule has 1 amide bonds. The van der Waals surface area contributed by atoms with E-state index in [2.05, 4.69) is 15.0 Å². The van der Waals surface area contributed by atoms with Crippen LogP contribution in [0.15, 0.2) is 18.3 Å². The monoisotopic (exact) mass is 318 g/mol. The molecule has 0 atom stereocenters. The lowest BCUT2D eigenvalue weighted by Crippen LogP contribution is -2.49. The Morgan fingerprint density at radius 2 is 2.00 bits per heavy atom. The Kier molecular flexibility index (Phi) is 5.07. The smallest absolute Gasteiger partial charge is 0.404 e. The van der Waals surface area contributed by atoms with Gasteiger partial charge < -0.3 is 15.0 Å². The van der Waals surface area contributed by atoms with E-state index in [1.54, 1.807) is 7.05 Å². The van der Waals surface area contributed by atoms with Gasteiger partial charge in [0.15, 0.2) is 0 Å². The van der Waals surface area contributed by atoms with Crippen LogP contribution in [0.1, 0.15) is 0 Å². The van der Waals surface area contributed by atoms with Gasteiger partial charge in [-0.25, -0.2) is 4.98 Å². The van der Waals surface area contributed by atoms with E-state index < -0.39 is 6.36 Å². The zero-order valence-corrected chi connectivity index (χ0v) is 12.1. The van der Waals surface area contributed by atoms with Crippen LogP contribution in [-0.2, 0) is 4.79 Å². The van der Waals surface area contributed by atoms with Crippen molar-refractivity contribution in [2.24, 2.45) is 0 Å². The average Bonchev–Trinajstić information content (AvgIpc) is 2.47. The van der Waals surface area contributed by atoms with Gasteiger partial charge in [-0.1, -0.05) is 0 Å². The van der Waals surface area contributed by atoms with E-state index in [0.29, 0.717) is 38.5 Å². The zero-order chi connectivity index (χ0) is 16.2. The Labute approximate surface area is 125 Å². The molecule has 122 valence electrons. The number of halogens is 3. The molecule has 9 heteroatoms. The van der Waals surface area contributed by atoms with Crippen LogP contribution in [0.4, 0.5) is 19.0 Å². The number of likely N-dealkylation sites (N-methyl/N-ethyl adjacent to an activating group) is 1. The number of anilines is 1. The number of amides is 1. The van der Waals surface area contributed by atoms with Gasteiger partial charge in [0.1, 0.15) is 11.6 Å². The van der Waals surface area contributed by atoms with Crippen molar-refractivity contribution in [3.63, 3.8) is 0 Å². The van der Waals surface area contributed by atoms with Gasteiger partial charge in [-0.15, -0.1) is 13.2 Å². The van der Waals surface area contributed by atoms with E-state index >= 15 is 0 Å². The molecule has 0 aromatic carbocycles. The molecular weight excluding hydrogens is 301 g/mol. The van der Waals surface area contributed by atoms with E-state index in [1.165, 1.54) is 12.1 Å². The predicted molar refractivity (Wildman–Crippen MR) is 73.6 cm³/mol. The van der Waals surface area contributed by atoms with Crippen LogP contribution in [0.2, 0.25) is 0 Å². The molecule has 0 unspecified atom stereocenters. The molecule has 0 spiro atoms. The van der Waals surface area contributed by atoms with Crippen molar-refractivity contribution in [2.75, 3.05) is 44.7 Å². The Morgan fingerprint density at radius 3 is 2.50 bits per heavy atom. The summed E-state index contributed by atoms with van der Waals surface area (Å²) in [7, 11) is 1.59. The molecule has 6 nitrogen and oxygen atoms in total. The fourth-order valence-corrected chi connectivity index (χ4v) is 2.17. The van der Waals surface area contributed by atoms with Crippen LogP contribution in [-0.4, -0.2) is 61.9 Å². The van der Waals surface area contributed by atoms with Crippen molar-refractivity contribution in [3.8, 4) is 5.75 Å². The summed E-state index contributed by atoms with van der Waals surface area (Å²) >= 11 is 0. The fourth-order valence-electron chi connectivity index (χ4n) is 2.17. The van der Waals surface area contributed by atoms with E-state index in [-0.39, 0.29) is 11.7 Å². The molecule has 0 aliphatic carbocycles. The maximum Gasteiger partial charge on any atom is 0.573 e. The van der Waals surface area contributed by atoms with Crippen molar-refractivity contribution in [3.05, 3.63) is 18.3 Å². The number of aromatic nitrogens is 1. The average molecular weight is 318 g/mol. The molecule has 1 aromatic rings. The van der Waals surface area contributed by atoms with Crippen molar-refractivity contribution in [1.82, 2.24) is 15.2 Å². The third kappa shape index (κ3) is 4.76. The number of pyridine rings is 1. The SMILES string of the molecule is CNC(=O)CN1CCN(c2ccc(OC(F)(F)F)cn2)CC1. The first-order chi connectivity index (χ1) is 10.4. The second-order valence-electron chi connectivity index (χ2n) is 4.84. The molecule has 0 saturated carbocycles. The summed E-state index contributed by atoms with van der Waals surface area (Å²) in [5, 5.41) is 2.57. The molecule has 2 rings (SSSR count). The largest absolute Gasteiger partial charge is 0.573 e. The van der Waals surface area contributed by atoms with Gasteiger partial charge in [-0.3, -0.25) is 9.69 Å². The molecule has 1 N–H and O–H groups in total. The topological polar surface area (TPSA) is 57.7 Å². The first-order valence-corrected chi connectivity index (χ1v) is 6.77. The van der Waals surface area contributed by atoms with Gasteiger partial charge in [0.25, 0.3) is 0 Å². The zero-order valence-electron chi connectivity index (χ0n) is 12.1. The minimum absolute atomic E-state index is 0.0415. The van der Waals surface area contributed by atoms with Gasteiger partial charge in [-0.05, 0) is 12.1 Å². The summed E-state index contributed by atoms with van der Waals surface area (Å²) < 4.78 is 40.0. The molecule has 1 saturated heterocycles. The highest BCUT2D eigenvalue weighted by Gasteiger charge is 2.31. The number of alkyl halides is 3. The number of hydrogen-bond acceptors (Lipinski definition) is 5. The molecule has 0 bridgehead atoms. The van der Waals surface area contributed by atoms with Gasteiger partial charge >= 0.3 is 6.36 Å². The molecule has 22 heavy (non-hydrogen) atoms. The summed E-state index contributed by atoms with van der Waals surface area (Å²) in [5.41, 5.74) is 0. The first kappa shape index (κ1) is 16.3. The highest BCUT2D eigenvalue weighted by Crippen LogP contribution is 2.23. The Morgan fingerprint density at radius 1 is 1.32 bits per heavy atom. The van der Waals surface area contributed by atoms with E-state index in [9.17, 15) is 18.0 Å². The third-order valence-corrected chi connectivity index (χ3v) is 3.30. The fraction of sp³-hybridized carbons (Fsp3) is 0.538. The molecule has 0 radical (unpaired) electrons. The van der Waals surface area contributed by atoms with Crippen molar-refractivity contribution < 1.29 is 22.7 Å². The highest BCUT2D eigenvalue weighted by atomic mass is 19.4. The molecule has 1 aliphatic rings. The lowest BCUT2D eigenvalue weighted by molar-refractivity contribution is -0.274. The van der Waals surface area contributed by atoms with Gasteiger partial charge in [-0.2, -0.15) is 0 Å². The summed E-state index contributed by atoms with van der Waals surface area (Å²) in [6.07, 6.45) is -3.66. The third-order valence-electron chi connectivity index (χ3n) is 3.30. The summed E-state index contributed by atoms with van der Waals surface area (Å²) in [5.74, 6) is 0.212. The number of carbonyl (C=O) groups excluding carboxylic acids is 1. The molecular formula is C13H17F3N4O2. The molecule has 1 aliphatic heterocycles. The van der Waals surface area contributed by atoms with Crippen molar-refractivity contribution in [1.29, 1.82) is 0 Å². The standard InChI is InChI=1S/C13H17F3N4O2/c1-17-12(21)9-19-4-6-20(7-5-19)11-3-2-10(8-18-11)22-13(14,15)16/h2-3,8H,4-7,9H2,1H3,(H,17,21). The molecule has 2 heterocycles. The van der Waals surface area contributed by atoms with Gasteiger partial charge in [0.2, 0.25) is 5.91 Å². The summed E-state index contributed by atoms with van der Waals surface area (Å²) in [4.78, 5) is 19.3. The number of nitrogens with zero attached hydrogens (tertiary/aromatic N) is 3.